The molecule has 1 heterocycles. The molecule has 0 aromatic rings. The largest absolute Gasteiger partial charge is 0.385 e. The molecule has 0 aromatic heterocycles. The van der Waals surface area contributed by atoms with Gasteiger partial charge in [-0.05, 0) is 31.6 Å². The number of aliphatic imine (C=N–C) groups is 1. The van der Waals surface area contributed by atoms with Crippen LogP contribution in [0.25, 0.3) is 0 Å². The number of guanidine groups is 1. The van der Waals surface area contributed by atoms with E-state index in [9.17, 15) is 0 Å². The molecule has 0 saturated carbocycles. The lowest BCUT2D eigenvalue weighted by Gasteiger charge is -2.42. The molecule has 3 atom stereocenters. The van der Waals surface area contributed by atoms with Crippen LogP contribution < -0.4 is 11.3 Å². The number of hydrazine groups is 1. The molecule has 0 aromatic carbocycles. The Hall–Kier alpha value is -0.810. The van der Waals surface area contributed by atoms with E-state index >= 15 is 0 Å². The van der Waals surface area contributed by atoms with Crippen LogP contribution >= 0.6 is 0 Å². The van der Waals surface area contributed by atoms with E-state index in [1.165, 1.54) is 6.42 Å². The van der Waals surface area contributed by atoms with Crippen molar-refractivity contribution in [1.82, 2.24) is 10.3 Å². The number of ether oxygens (including phenoxy) is 1. The Balaban J connectivity index is 2.61. The highest BCUT2D eigenvalue weighted by Gasteiger charge is 2.30. The van der Waals surface area contributed by atoms with Crippen molar-refractivity contribution in [1.29, 1.82) is 0 Å². The van der Waals surface area contributed by atoms with Crippen LogP contribution in [0, 0.1) is 11.8 Å². The van der Waals surface area contributed by atoms with Crippen molar-refractivity contribution in [3.63, 3.8) is 0 Å². The molecule has 0 radical (unpaired) electrons. The average Bonchev–Trinajstić information content (AvgIpc) is 2.34. The van der Waals surface area contributed by atoms with Crippen molar-refractivity contribution in [2.75, 3.05) is 26.8 Å². The number of nitrogens with two attached hydrogens (primary N) is 1. The van der Waals surface area contributed by atoms with Crippen LogP contribution in [0.2, 0.25) is 0 Å². The number of hydrogen-bond donors (Lipinski definition) is 2. The summed E-state index contributed by atoms with van der Waals surface area (Å²) in [6.07, 6.45) is 2.20. The van der Waals surface area contributed by atoms with Gasteiger partial charge in [-0.3, -0.25) is 10.4 Å². The molecule has 0 amide bonds. The van der Waals surface area contributed by atoms with E-state index in [-0.39, 0.29) is 0 Å². The molecule has 3 unspecified atom stereocenters. The lowest BCUT2D eigenvalue weighted by atomic mass is 9.86. The standard InChI is InChI=1S/C13H28N4O/c1-10-8-11(2)12(3)17(9-10)13(16-14)15-6-5-7-18-4/h10-12H,5-9,14H2,1-4H3,(H,15,16). The minimum Gasteiger partial charge on any atom is -0.385 e. The van der Waals surface area contributed by atoms with Crippen LogP contribution in [0.3, 0.4) is 0 Å². The Morgan fingerprint density at radius 3 is 2.78 bits per heavy atom. The first-order chi connectivity index (χ1) is 8.60. The van der Waals surface area contributed by atoms with Gasteiger partial charge in [0.15, 0.2) is 0 Å². The lowest BCUT2D eigenvalue weighted by Crippen LogP contribution is -2.55. The maximum Gasteiger partial charge on any atom is 0.208 e. The van der Waals surface area contributed by atoms with Gasteiger partial charge < -0.3 is 9.64 Å². The van der Waals surface area contributed by atoms with Crippen molar-refractivity contribution in [2.24, 2.45) is 22.7 Å². The molecule has 5 nitrogen and oxygen atoms in total. The van der Waals surface area contributed by atoms with Gasteiger partial charge in [-0.1, -0.05) is 13.8 Å². The second kappa shape index (κ2) is 7.59. The van der Waals surface area contributed by atoms with Crippen LogP contribution in [0.5, 0.6) is 0 Å². The number of methoxy groups -OCH3 is 1. The fourth-order valence-electron chi connectivity index (χ4n) is 2.61. The fourth-order valence-corrected chi connectivity index (χ4v) is 2.61. The van der Waals surface area contributed by atoms with E-state index in [0.717, 1.165) is 32.1 Å². The summed E-state index contributed by atoms with van der Waals surface area (Å²) in [7, 11) is 1.71. The van der Waals surface area contributed by atoms with Crippen molar-refractivity contribution < 1.29 is 4.74 Å². The van der Waals surface area contributed by atoms with Gasteiger partial charge in [0, 0.05) is 32.8 Å². The molecular weight excluding hydrogens is 228 g/mol. The smallest absolute Gasteiger partial charge is 0.208 e. The molecule has 18 heavy (non-hydrogen) atoms. The highest BCUT2D eigenvalue weighted by molar-refractivity contribution is 5.79. The Morgan fingerprint density at radius 2 is 2.17 bits per heavy atom. The zero-order valence-electron chi connectivity index (χ0n) is 12.1. The molecule has 1 rings (SSSR count). The number of nitrogens with zero attached hydrogens (tertiary/aromatic N) is 2. The maximum atomic E-state index is 5.62. The monoisotopic (exact) mass is 256 g/mol. The highest BCUT2D eigenvalue weighted by atomic mass is 16.5. The number of piperidine rings is 1. The van der Waals surface area contributed by atoms with Gasteiger partial charge >= 0.3 is 0 Å². The van der Waals surface area contributed by atoms with Crippen molar-refractivity contribution >= 4 is 5.96 Å². The predicted octanol–water partition coefficient (Wildman–Crippen LogP) is 1.21. The van der Waals surface area contributed by atoms with Crippen LogP contribution in [0.1, 0.15) is 33.6 Å². The molecule has 0 bridgehead atoms. The Kier molecular flexibility index (Phi) is 6.43. The van der Waals surface area contributed by atoms with E-state index in [2.05, 4.69) is 36.1 Å². The summed E-state index contributed by atoms with van der Waals surface area (Å²) in [4.78, 5) is 6.85. The van der Waals surface area contributed by atoms with Gasteiger partial charge in [0.2, 0.25) is 5.96 Å². The topological polar surface area (TPSA) is 62.9 Å². The Labute approximate surface area is 111 Å². The van der Waals surface area contributed by atoms with E-state index in [1.807, 2.05) is 0 Å². The highest BCUT2D eigenvalue weighted by Crippen LogP contribution is 2.26. The second-order valence-electron chi connectivity index (χ2n) is 5.41. The van der Waals surface area contributed by atoms with E-state index < -0.39 is 0 Å². The zero-order chi connectivity index (χ0) is 13.5. The van der Waals surface area contributed by atoms with Crippen LogP contribution in [0.4, 0.5) is 0 Å². The molecule has 0 aliphatic carbocycles. The van der Waals surface area contributed by atoms with Crippen molar-refractivity contribution in [3.8, 4) is 0 Å². The van der Waals surface area contributed by atoms with E-state index in [1.54, 1.807) is 7.11 Å². The van der Waals surface area contributed by atoms with Crippen molar-refractivity contribution in [3.05, 3.63) is 0 Å². The number of hydrogen-bond acceptors (Lipinski definition) is 3. The summed E-state index contributed by atoms with van der Waals surface area (Å²) in [5.74, 6) is 7.80. The number of nitrogens with one attached hydrogen (secondary N) is 1. The van der Waals surface area contributed by atoms with Gasteiger partial charge in [0.1, 0.15) is 0 Å². The third-order valence-corrected chi connectivity index (χ3v) is 3.77. The van der Waals surface area contributed by atoms with Crippen LogP contribution in [0.15, 0.2) is 4.99 Å². The molecule has 1 aliphatic rings. The van der Waals surface area contributed by atoms with Crippen LogP contribution in [-0.2, 0) is 4.74 Å². The third kappa shape index (κ3) is 4.14. The molecule has 0 spiro atoms. The van der Waals surface area contributed by atoms with E-state index in [4.69, 9.17) is 10.6 Å². The van der Waals surface area contributed by atoms with Gasteiger partial charge in [-0.15, -0.1) is 0 Å². The first kappa shape index (κ1) is 15.2. The normalized spacial score (nSPS) is 29.5. The van der Waals surface area contributed by atoms with Gasteiger partial charge in [-0.25, -0.2) is 5.84 Å². The lowest BCUT2D eigenvalue weighted by molar-refractivity contribution is 0.142. The van der Waals surface area contributed by atoms with Gasteiger partial charge in [0.25, 0.3) is 0 Å². The zero-order valence-corrected chi connectivity index (χ0v) is 12.1. The second-order valence-corrected chi connectivity index (χ2v) is 5.41. The number of rotatable bonds is 4. The summed E-state index contributed by atoms with van der Waals surface area (Å²) >= 11 is 0. The van der Waals surface area contributed by atoms with Gasteiger partial charge in [0.05, 0.1) is 0 Å². The average molecular weight is 256 g/mol. The summed E-state index contributed by atoms with van der Waals surface area (Å²) in [5.41, 5.74) is 2.76. The summed E-state index contributed by atoms with van der Waals surface area (Å²) in [6, 6.07) is 0.485. The predicted molar refractivity (Wildman–Crippen MR) is 75.2 cm³/mol. The third-order valence-electron chi connectivity index (χ3n) is 3.77. The summed E-state index contributed by atoms with van der Waals surface area (Å²) in [5, 5.41) is 0. The fraction of sp³-hybridized carbons (Fsp3) is 0.923. The van der Waals surface area contributed by atoms with Crippen molar-refractivity contribution in [2.45, 2.75) is 39.7 Å². The SMILES string of the molecule is COCCCN=C(NN)N1CC(C)CC(C)C1C. The molecule has 5 heteroatoms. The molecule has 1 aliphatic heterocycles. The molecule has 1 saturated heterocycles. The van der Waals surface area contributed by atoms with Crippen LogP contribution in [-0.4, -0.2) is 43.7 Å². The Morgan fingerprint density at radius 1 is 1.44 bits per heavy atom. The first-order valence-corrected chi connectivity index (χ1v) is 6.86. The minimum atomic E-state index is 0.485. The maximum absolute atomic E-state index is 5.62. The van der Waals surface area contributed by atoms with E-state index in [0.29, 0.717) is 17.9 Å². The summed E-state index contributed by atoms with van der Waals surface area (Å²) < 4.78 is 5.02. The molecule has 1 fully saturated rings. The molecule has 3 N–H and O–H groups in total. The number of likely N-dealkylation sites (tertiary alicyclic amines) is 1. The Bertz CT molecular complexity index is 270. The molecular formula is C13H28N4O. The molecule has 106 valence electrons. The quantitative estimate of drug-likeness (QED) is 0.261. The van der Waals surface area contributed by atoms with Gasteiger partial charge in [-0.2, -0.15) is 0 Å². The minimum absolute atomic E-state index is 0.485. The summed E-state index contributed by atoms with van der Waals surface area (Å²) in [6.45, 7) is 9.35. The first-order valence-electron chi connectivity index (χ1n) is 6.86.